The standard InChI is InChI=1S/C23H35NO6S/c1-5-7-8-16-9-11-17(12-10-16)20(25)24-21-18(22(26)29-6-2)15(3)19(31-21)23(27)30-14-13-28-4/h16-17H,5-14H2,1-4H3,(H,24,25). The number of amides is 1. The quantitative estimate of drug-likeness (QED) is 0.376. The molecule has 1 fully saturated rings. The van der Waals surface area contributed by atoms with Gasteiger partial charge in [0.05, 0.1) is 18.8 Å². The summed E-state index contributed by atoms with van der Waals surface area (Å²) in [4.78, 5) is 38.2. The Morgan fingerprint density at radius 1 is 1.03 bits per heavy atom. The fourth-order valence-electron chi connectivity index (χ4n) is 3.95. The van der Waals surface area contributed by atoms with Gasteiger partial charge in [-0.1, -0.05) is 26.2 Å². The van der Waals surface area contributed by atoms with Crippen molar-refractivity contribution in [1.29, 1.82) is 0 Å². The maximum Gasteiger partial charge on any atom is 0.348 e. The highest BCUT2D eigenvalue weighted by Crippen LogP contribution is 2.37. The minimum absolute atomic E-state index is 0.0765. The van der Waals surface area contributed by atoms with Crippen molar-refractivity contribution in [3.05, 3.63) is 16.0 Å². The van der Waals surface area contributed by atoms with Gasteiger partial charge in [-0.05, 0) is 51.0 Å². The molecule has 1 amide bonds. The number of carbonyl (C=O) groups is 3. The third-order valence-electron chi connectivity index (χ3n) is 5.75. The molecule has 1 N–H and O–H groups in total. The topological polar surface area (TPSA) is 90.9 Å². The number of nitrogens with one attached hydrogen (secondary N) is 1. The zero-order valence-corrected chi connectivity index (χ0v) is 19.9. The Hall–Kier alpha value is -1.93. The van der Waals surface area contributed by atoms with E-state index in [-0.39, 0.29) is 42.1 Å². The van der Waals surface area contributed by atoms with E-state index < -0.39 is 11.9 Å². The minimum atomic E-state index is -0.550. The molecule has 8 heteroatoms. The predicted molar refractivity (Wildman–Crippen MR) is 121 cm³/mol. The van der Waals surface area contributed by atoms with E-state index in [1.54, 1.807) is 13.8 Å². The van der Waals surface area contributed by atoms with E-state index in [1.165, 1.54) is 26.4 Å². The number of ether oxygens (including phenoxy) is 3. The number of thiophene rings is 1. The first-order valence-corrected chi connectivity index (χ1v) is 12.0. The second-order valence-electron chi connectivity index (χ2n) is 7.96. The van der Waals surface area contributed by atoms with Crippen molar-refractivity contribution in [1.82, 2.24) is 0 Å². The summed E-state index contributed by atoms with van der Waals surface area (Å²) in [5.41, 5.74) is 0.694. The third-order valence-corrected chi connectivity index (χ3v) is 6.94. The number of esters is 2. The van der Waals surface area contributed by atoms with Gasteiger partial charge in [0.15, 0.2) is 0 Å². The van der Waals surface area contributed by atoms with Crippen molar-refractivity contribution in [2.75, 3.05) is 32.2 Å². The summed E-state index contributed by atoms with van der Waals surface area (Å²) in [6.45, 7) is 6.19. The van der Waals surface area contributed by atoms with Gasteiger partial charge in [-0.3, -0.25) is 4.79 Å². The zero-order valence-electron chi connectivity index (χ0n) is 19.1. The lowest BCUT2D eigenvalue weighted by molar-refractivity contribution is -0.121. The molecule has 0 saturated heterocycles. The number of anilines is 1. The molecule has 0 spiro atoms. The smallest absolute Gasteiger partial charge is 0.348 e. The van der Waals surface area contributed by atoms with Crippen molar-refractivity contribution in [3.8, 4) is 0 Å². The van der Waals surface area contributed by atoms with E-state index in [4.69, 9.17) is 14.2 Å². The monoisotopic (exact) mass is 453 g/mol. The van der Waals surface area contributed by atoms with Crippen LogP contribution < -0.4 is 5.32 Å². The van der Waals surface area contributed by atoms with Gasteiger partial charge in [0.2, 0.25) is 5.91 Å². The van der Waals surface area contributed by atoms with Crippen LogP contribution in [-0.4, -0.2) is 44.8 Å². The van der Waals surface area contributed by atoms with E-state index in [0.717, 1.165) is 37.0 Å². The molecule has 0 atom stereocenters. The summed E-state index contributed by atoms with van der Waals surface area (Å²) in [5, 5.41) is 3.26. The number of carbonyl (C=O) groups excluding carboxylic acids is 3. The molecule has 174 valence electrons. The lowest BCUT2D eigenvalue weighted by Gasteiger charge is -2.27. The molecule has 0 radical (unpaired) electrons. The van der Waals surface area contributed by atoms with Crippen molar-refractivity contribution < 1.29 is 28.6 Å². The Morgan fingerprint density at radius 2 is 1.74 bits per heavy atom. The minimum Gasteiger partial charge on any atom is -0.462 e. The number of methoxy groups -OCH3 is 1. The molecule has 2 rings (SSSR count). The zero-order chi connectivity index (χ0) is 22.8. The summed E-state index contributed by atoms with van der Waals surface area (Å²) in [5.74, 6) is -0.559. The average molecular weight is 454 g/mol. The molecule has 0 aliphatic heterocycles. The van der Waals surface area contributed by atoms with Crippen LogP contribution in [0.5, 0.6) is 0 Å². The van der Waals surface area contributed by atoms with Crippen LogP contribution in [0, 0.1) is 18.8 Å². The van der Waals surface area contributed by atoms with Crippen molar-refractivity contribution in [3.63, 3.8) is 0 Å². The predicted octanol–water partition coefficient (Wildman–Crippen LogP) is 4.97. The van der Waals surface area contributed by atoms with E-state index in [2.05, 4.69) is 12.2 Å². The molecule has 31 heavy (non-hydrogen) atoms. The molecule has 1 aliphatic carbocycles. The molecule has 7 nitrogen and oxygen atoms in total. The summed E-state index contributed by atoms with van der Waals surface area (Å²) in [6.07, 6.45) is 7.49. The largest absolute Gasteiger partial charge is 0.462 e. The summed E-state index contributed by atoms with van der Waals surface area (Å²) >= 11 is 1.06. The Morgan fingerprint density at radius 3 is 2.35 bits per heavy atom. The number of hydrogen-bond acceptors (Lipinski definition) is 7. The third kappa shape index (κ3) is 7.04. The van der Waals surface area contributed by atoms with Crippen molar-refractivity contribution >= 4 is 34.2 Å². The van der Waals surface area contributed by atoms with E-state index in [9.17, 15) is 14.4 Å². The van der Waals surface area contributed by atoms with Gasteiger partial charge in [-0.25, -0.2) is 9.59 Å². The molecule has 0 unspecified atom stereocenters. The van der Waals surface area contributed by atoms with Gasteiger partial charge in [-0.2, -0.15) is 0 Å². The number of unbranched alkanes of at least 4 members (excludes halogenated alkanes) is 1. The van der Waals surface area contributed by atoms with Crippen molar-refractivity contribution in [2.45, 2.75) is 65.7 Å². The highest BCUT2D eigenvalue weighted by atomic mass is 32.1. The highest BCUT2D eigenvalue weighted by molar-refractivity contribution is 7.18. The van der Waals surface area contributed by atoms with Gasteiger partial charge in [0.1, 0.15) is 16.5 Å². The van der Waals surface area contributed by atoms with E-state index >= 15 is 0 Å². The Bertz CT molecular complexity index is 751. The van der Waals surface area contributed by atoms with Crippen molar-refractivity contribution in [2.24, 2.45) is 11.8 Å². The van der Waals surface area contributed by atoms with Crippen LogP contribution in [0.15, 0.2) is 0 Å². The summed E-state index contributed by atoms with van der Waals surface area (Å²) < 4.78 is 15.3. The second kappa shape index (κ2) is 12.8. The molecule has 1 aromatic rings. The molecule has 1 aliphatic rings. The van der Waals surface area contributed by atoms with Crippen LogP contribution in [0.3, 0.4) is 0 Å². The summed E-state index contributed by atoms with van der Waals surface area (Å²) in [7, 11) is 1.52. The van der Waals surface area contributed by atoms with Gasteiger partial charge in [0.25, 0.3) is 0 Å². The van der Waals surface area contributed by atoms with Crippen LogP contribution in [0.25, 0.3) is 0 Å². The van der Waals surface area contributed by atoms with Crippen LogP contribution in [0.4, 0.5) is 5.00 Å². The van der Waals surface area contributed by atoms with Gasteiger partial charge >= 0.3 is 11.9 Å². The maximum atomic E-state index is 12.9. The fourth-order valence-corrected chi connectivity index (χ4v) is 5.04. The summed E-state index contributed by atoms with van der Waals surface area (Å²) in [6, 6.07) is 0. The lowest BCUT2D eigenvalue weighted by Crippen LogP contribution is -2.27. The molecule has 1 saturated carbocycles. The molecule has 0 bridgehead atoms. The number of hydrogen-bond donors (Lipinski definition) is 1. The van der Waals surface area contributed by atoms with Crippen LogP contribution in [-0.2, 0) is 19.0 Å². The SMILES string of the molecule is CCCCC1CCC(C(=O)Nc2sc(C(=O)OCCOC)c(C)c2C(=O)OCC)CC1. The number of rotatable bonds is 11. The Balaban J connectivity index is 2.12. The molecule has 1 heterocycles. The molecule has 0 aromatic carbocycles. The molecular formula is C23H35NO6S. The fraction of sp³-hybridized carbons (Fsp3) is 0.696. The Labute approximate surface area is 188 Å². The Kier molecular flexibility index (Phi) is 10.5. The van der Waals surface area contributed by atoms with Gasteiger partial charge < -0.3 is 19.5 Å². The molecular weight excluding hydrogens is 418 g/mol. The first kappa shape index (κ1) is 25.3. The second-order valence-corrected chi connectivity index (χ2v) is 8.98. The van der Waals surface area contributed by atoms with E-state index in [0.29, 0.717) is 16.5 Å². The molecule has 1 aromatic heterocycles. The lowest BCUT2D eigenvalue weighted by atomic mass is 9.79. The highest BCUT2D eigenvalue weighted by Gasteiger charge is 2.30. The first-order chi connectivity index (χ1) is 14.9. The van der Waals surface area contributed by atoms with Crippen LogP contribution in [0.2, 0.25) is 0 Å². The average Bonchev–Trinajstić information content (AvgIpc) is 3.08. The van der Waals surface area contributed by atoms with Gasteiger partial charge in [0, 0.05) is 13.0 Å². The maximum absolute atomic E-state index is 12.9. The van der Waals surface area contributed by atoms with Crippen LogP contribution in [0.1, 0.15) is 84.4 Å². The van der Waals surface area contributed by atoms with Crippen LogP contribution >= 0.6 is 11.3 Å². The van der Waals surface area contributed by atoms with E-state index in [1.807, 2.05) is 0 Å². The van der Waals surface area contributed by atoms with Gasteiger partial charge in [-0.15, -0.1) is 11.3 Å². The first-order valence-electron chi connectivity index (χ1n) is 11.2. The normalized spacial score (nSPS) is 18.5.